The first kappa shape index (κ1) is 6.02. The molecule has 0 aromatic rings. The van der Waals surface area contributed by atoms with Gasteiger partial charge in [0.2, 0.25) is 0 Å². The first-order valence-electron chi connectivity index (χ1n) is 3.01. The highest BCUT2D eigenvalue weighted by atomic mass is 32.1. The highest BCUT2D eigenvalue weighted by molar-refractivity contribution is 7.80. The Kier molecular flexibility index (Phi) is 1.52. The van der Waals surface area contributed by atoms with Crippen molar-refractivity contribution in [2.24, 2.45) is 17.6 Å². The fourth-order valence-electron chi connectivity index (χ4n) is 0.829. The Labute approximate surface area is 55.3 Å². The second-order valence-corrected chi connectivity index (χ2v) is 3.00. The molecule has 0 aromatic heterocycles. The van der Waals surface area contributed by atoms with Crippen molar-refractivity contribution in [3.63, 3.8) is 0 Å². The number of hydrogen-bond acceptors (Lipinski definition) is 1. The van der Waals surface area contributed by atoms with Crippen LogP contribution in [0, 0.1) is 11.8 Å². The van der Waals surface area contributed by atoms with Crippen molar-refractivity contribution < 1.29 is 0 Å². The summed E-state index contributed by atoms with van der Waals surface area (Å²) in [5.41, 5.74) is 5.41. The van der Waals surface area contributed by atoms with E-state index in [4.69, 9.17) is 18.0 Å². The molecule has 0 amide bonds. The summed E-state index contributed by atoms with van der Waals surface area (Å²) < 4.78 is 0. The van der Waals surface area contributed by atoms with Crippen LogP contribution in [0.3, 0.4) is 0 Å². The Morgan fingerprint density at radius 1 is 1.75 bits per heavy atom. The average molecular weight is 129 g/mol. The van der Waals surface area contributed by atoms with Crippen LogP contribution in [0.4, 0.5) is 0 Å². The molecule has 0 unspecified atom stereocenters. The molecule has 0 spiro atoms. The first-order chi connectivity index (χ1) is 3.72. The van der Waals surface area contributed by atoms with Crippen LogP contribution in [0.2, 0.25) is 0 Å². The third-order valence-corrected chi connectivity index (χ3v) is 2.15. The highest BCUT2D eigenvalue weighted by Crippen LogP contribution is 2.36. The Morgan fingerprint density at radius 3 is 2.38 bits per heavy atom. The highest BCUT2D eigenvalue weighted by Gasteiger charge is 2.29. The predicted octanol–water partition coefficient (Wildman–Crippen LogP) is 1.32. The van der Waals surface area contributed by atoms with Gasteiger partial charge in [-0.3, -0.25) is 0 Å². The SMILES string of the molecule is C[C@@H](C(N)=S)C1CC1. The molecule has 0 heterocycles. The number of hydrogen-bond donors (Lipinski definition) is 1. The van der Waals surface area contributed by atoms with E-state index in [0.29, 0.717) is 10.9 Å². The van der Waals surface area contributed by atoms with Crippen molar-refractivity contribution in [3.05, 3.63) is 0 Å². The van der Waals surface area contributed by atoms with E-state index in [0.717, 1.165) is 5.92 Å². The molecule has 0 saturated heterocycles. The van der Waals surface area contributed by atoms with Gasteiger partial charge in [0.05, 0.1) is 4.99 Å². The fourth-order valence-corrected chi connectivity index (χ4v) is 1.02. The molecule has 0 bridgehead atoms. The Bertz CT molecular complexity index is 107. The van der Waals surface area contributed by atoms with Gasteiger partial charge < -0.3 is 5.73 Å². The molecule has 0 aromatic carbocycles. The van der Waals surface area contributed by atoms with E-state index in [2.05, 4.69) is 6.92 Å². The van der Waals surface area contributed by atoms with E-state index in [1.165, 1.54) is 12.8 Å². The normalized spacial score (nSPS) is 22.6. The van der Waals surface area contributed by atoms with E-state index in [-0.39, 0.29) is 0 Å². The quantitative estimate of drug-likeness (QED) is 0.569. The second-order valence-electron chi connectivity index (χ2n) is 2.53. The van der Waals surface area contributed by atoms with Crippen molar-refractivity contribution in [2.45, 2.75) is 19.8 Å². The summed E-state index contributed by atoms with van der Waals surface area (Å²) in [6, 6.07) is 0. The Hall–Kier alpha value is -0.110. The summed E-state index contributed by atoms with van der Waals surface area (Å²) in [7, 11) is 0. The zero-order chi connectivity index (χ0) is 6.15. The number of nitrogens with two attached hydrogens (primary N) is 1. The fraction of sp³-hybridized carbons (Fsp3) is 0.833. The topological polar surface area (TPSA) is 26.0 Å². The number of rotatable bonds is 2. The van der Waals surface area contributed by atoms with Gasteiger partial charge in [-0.15, -0.1) is 0 Å². The first-order valence-corrected chi connectivity index (χ1v) is 3.42. The monoisotopic (exact) mass is 129 g/mol. The largest absolute Gasteiger partial charge is 0.393 e. The van der Waals surface area contributed by atoms with E-state index in [1.807, 2.05) is 0 Å². The van der Waals surface area contributed by atoms with Gasteiger partial charge in [-0.25, -0.2) is 0 Å². The summed E-state index contributed by atoms with van der Waals surface area (Å²) in [4.78, 5) is 0.688. The van der Waals surface area contributed by atoms with Crippen molar-refractivity contribution in [1.29, 1.82) is 0 Å². The van der Waals surface area contributed by atoms with E-state index in [1.54, 1.807) is 0 Å². The maximum absolute atomic E-state index is 5.41. The minimum atomic E-state index is 0.491. The van der Waals surface area contributed by atoms with Crippen LogP contribution in [0.1, 0.15) is 19.8 Å². The van der Waals surface area contributed by atoms with Crippen LogP contribution < -0.4 is 5.73 Å². The van der Waals surface area contributed by atoms with Gasteiger partial charge in [0.15, 0.2) is 0 Å². The predicted molar refractivity (Wildman–Crippen MR) is 38.7 cm³/mol. The van der Waals surface area contributed by atoms with Gasteiger partial charge in [-0.05, 0) is 18.8 Å². The van der Waals surface area contributed by atoms with E-state index in [9.17, 15) is 0 Å². The molecule has 8 heavy (non-hydrogen) atoms. The smallest absolute Gasteiger partial charge is 0.0758 e. The summed E-state index contributed by atoms with van der Waals surface area (Å²) in [5, 5.41) is 0. The van der Waals surface area contributed by atoms with Gasteiger partial charge >= 0.3 is 0 Å². The van der Waals surface area contributed by atoms with Crippen LogP contribution in [-0.4, -0.2) is 4.99 Å². The average Bonchev–Trinajstić information content (AvgIpc) is 2.43. The van der Waals surface area contributed by atoms with Crippen molar-refractivity contribution in [1.82, 2.24) is 0 Å². The van der Waals surface area contributed by atoms with Gasteiger partial charge in [-0.2, -0.15) is 0 Å². The molecular weight excluding hydrogens is 118 g/mol. The molecule has 1 rings (SSSR count). The lowest BCUT2D eigenvalue weighted by atomic mass is 10.1. The summed E-state index contributed by atoms with van der Waals surface area (Å²) >= 11 is 4.81. The zero-order valence-electron chi connectivity index (χ0n) is 5.05. The van der Waals surface area contributed by atoms with Gasteiger partial charge in [0.25, 0.3) is 0 Å². The molecule has 2 N–H and O–H groups in total. The summed E-state index contributed by atoms with van der Waals surface area (Å²) in [6.07, 6.45) is 2.66. The van der Waals surface area contributed by atoms with E-state index < -0.39 is 0 Å². The minimum absolute atomic E-state index is 0.491. The molecule has 46 valence electrons. The molecule has 1 aliphatic carbocycles. The van der Waals surface area contributed by atoms with Crippen LogP contribution in [0.5, 0.6) is 0 Å². The standard InChI is InChI=1S/C6H11NS/c1-4(6(7)8)5-2-3-5/h4-5H,2-3H2,1H3,(H2,7,8)/t4-/m1/s1. The van der Waals surface area contributed by atoms with Crippen LogP contribution >= 0.6 is 12.2 Å². The molecule has 1 fully saturated rings. The molecule has 1 saturated carbocycles. The maximum atomic E-state index is 5.41. The van der Waals surface area contributed by atoms with Crippen molar-refractivity contribution in [3.8, 4) is 0 Å². The number of thiocarbonyl (C=S) groups is 1. The van der Waals surface area contributed by atoms with Crippen molar-refractivity contribution in [2.75, 3.05) is 0 Å². The molecule has 1 atom stereocenters. The van der Waals surface area contributed by atoms with Crippen LogP contribution in [0.25, 0.3) is 0 Å². The molecule has 2 heteroatoms. The third-order valence-electron chi connectivity index (χ3n) is 1.78. The lowest BCUT2D eigenvalue weighted by Gasteiger charge is -2.04. The Morgan fingerprint density at radius 2 is 2.25 bits per heavy atom. The third kappa shape index (κ3) is 1.19. The molecular formula is C6H11NS. The summed E-state index contributed by atoms with van der Waals surface area (Å²) in [5.74, 6) is 1.32. The van der Waals surface area contributed by atoms with Gasteiger partial charge in [-0.1, -0.05) is 19.1 Å². The van der Waals surface area contributed by atoms with Crippen molar-refractivity contribution >= 4 is 17.2 Å². The van der Waals surface area contributed by atoms with Crippen LogP contribution in [0.15, 0.2) is 0 Å². The Balaban J connectivity index is 2.32. The van der Waals surface area contributed by atoms with E-state index >= 15 is 0 Å². The maximum Gasteiger partial charge on any atom is 0.0758 e. The lowest BCUT2D eigenvalue weighted by molar-refractivity contribution is 0.669. The molecule has 0 aliphatic heterocycles. The molecule has 1 nitrogen and oxygen atoms in total. The molecule has 0 radical (unpaired) electrons. The summed E-state index contributed by atoms with van der Waals surface area (Å²) in [6.45, 7) is 2.11. The minimum Gasteiger partial charge on any atom is -0.393 e. The van der Waals surface area contributed by atoms with Gasteiger partial charge in [0, 0.05) is 5.92 Å². The zero-order valence-corrected chi connectivity index (χ0v) is 5.87. The molecule has 1 aliphatic rings. The lowest BCUT2D eigenvalue weighted by Crippen LogP contribution is -2.19. The van der Waals surface area contributed by atoms with Crippen LogP contribution in [-0.2, 0) is 0 Å². The van der Waals surface area contributed by atoms with Gasteiger partial charge in [0.1, 0.15) is 0 Å². The second kappa shape index (κ2) is 2.02.